The minimum absolute atomic E-state index is 0.122. The molecule has 2 atom stereocenters. The quantitative estimate of drug-likeness (QED) is 0.544. The maximum absolute atomic E-state index is 12.6. The Hall–Kier alpha value is -0.780. The Kier molecular flexibility index (Phi) is 7.98. The summed E-state index contributed by atoms with van der Waals surface area (Å²) >= 11 is 0. The fraction of sp³-hybridized carbons (Fsp3) is 0.917. The Bertz CT molecular complexity index is 244. The van der Waals surface area contributed by atoms with Gasteiger partial charge in [-0.3, -0.25) is 4.79 Å². The number of ether oxygens (including phenoxy) is 1. The average Bonchev–Trinajstić information content (AvgIpc) is 2.29. The lowest BCUT2D eigenvalue weighted by molar-refractivity contribution is -0.177. The number of carbonyl (C=O) groups excluding carboxylic acids is 1. The summed E-state index contributed by atoms with van der Waals surface area (Å²) in [6.45, 7) is 3.85. The van der Waals surface area contributed by atoms with E-state index >= 15 is 0 Å². The van der Waals surface area contributed by atoms with E-state index in [4.69, 9.17) is 10.5 Å². The zero-order chi connectivity index (χ0) is 14.2. The van der Waals surface area contributed by atoms with E-state index in [0.717, 1.165) is 12.8 Å². The molecule has 18 heavy (non-hydrogen) atoms. The van der Waals surface area contributed by atoms with Crippen LogP contribution in [0.2, 0.25) is 0 Å². The number of alkyl halides is 3. The van der Waals surface area contributed by atoms with Crippen molar-refractivity contribution in [3.63, 3.8) is 0 Å². The van der Waals surface area contributed by atoms with E-state index in [1.54, 1.807) is 6.92 Å². The Morgan fingerprint density at radius 1 is 1.22 bits per heavy atom. The van der Waals surface area contributed by atoms with E-state index in [-0.39, 0.29) is 13.0 Å². The summed E-state index contributed by atoms with van der Waals surface area (Å²) in [5.41, 5.74) is 5.12. The van der Waals surface area contributed by atoms with Crippen LogP contribution in [-0.2, 0) is 9.53 Å². The highest BCUT2D eigenvalue weighted by Crippen LogP contribution is 2.28. The van der Waals surface area contributed by atoms with Crippen LogP contribution < -0.4 is 5.73 Å². The maximum atomic E-state index is 12.6. The smallest absolute Gasteiger partial charge is 0.404 e. The van der Waals surface area contributed by atoms with Crippen molar-refractivity contribution in [1.29, 1.82) is 0 Å². The topological polar surface area (TPSA) is 52.3 Å². The molecule has 6 heteroatoms. The van der Waals surface area contributed by atoms with Crippen LogP contribution in [-0.4, -0.2) is 24.8 Å². The van der Waals surface area contributed by atoms with Crippen LogP contribution in [0.5, 0.6) is 0 Å². The normalized spacial score (nSPS) is 15.2. The van der Waals surface area contributed by atoms with Crippen molar-refractivity contribution in [3.05, 3.63) is 0 Å². The summed E-state index contributed by atoms with van der Waals surface area (Å²) in [7, 11) is 0. The third-order valence-corrected chi connectivity index (χ3v) is 2.68. The van der Waals surface area contributed by atoms with Gasteiger partial charge in [-0.1, -0.05) is 33.1 Å². The van der Waals surface area contributed by atoms with E-state index in [0.29, 0.717) is 12.8 Å². The van der Waals surface area contributed by atoms with Crippen molar-refractivity contribution in [2.75, 3.05) is 6.61 Å². The molecule has 0 aromatic heterocycles. The zero-order valence-electron chi connectivity index (χ0n) is 10.9. The molecular formula is C12H22F3NO2. The predicted molar refractivity (Wildman–Crippen MR) is 62.9 cm³/mol. The fourth-order valence-electron chi connectivity index (χ4n) is 1.60. The molecule has 0 spiro atoms. The van der Waals surface area contributed by atoms with Gasteiger partial charge in [-0.2, -0.15) is 13.2 Å². The van der Waals surface area contributed by atoms with Gasteiger partial charge < -0.3 is 10.5 Å². The zero-order valence-corrected chi connectivity index (χ0v) is 10.9. The van der Waals surface area contributed by atoms with Crippen LogP contribution in [0, 0.1) is 5.92 Å². The van der Waals surface area contributed by atoms with E-state index < -0.39 is 24.1 Å². The van der Waals surface area contributed by atoms with Crippen molar-refractivity contribution in [1.82, 2.24) is 0 Å². The number of unbranched alkanes of at least 4 members (excludes halogenated alkanes) is 2. The largest absolute Gasteiger partial charge is 0.465 e. The highest BCUT2D eigenvalue weighted by molar-refractivity contribution is 5.73. The van der Waals surface area contributed by atoms with Gasteiger partial charge in [0.15, 0.2) is 0 Å². The molecule has 0 aliphatic carbocycles. The Morgan fingerprint density at radius 3 is 2.28 bits per heavy atom. The van der Waals surface area contributed by atoms with Crippen molar-refractivity contribution >= 4 is 5.97 Å². The summed E-state index contributed by atoms with van der Waals surface area (Å²) in [5, 5.41) is 0. The number of hydrogen-bond donors (Lipinski definition) is 1. The van der Waals surface area contributed by atoms with Crippen molar-refractivity contribution in [2.45, 2.75) is 58.2 Å². The molecule has 2 N–H and O–H groups in total. The summed E-state index contributed by atoms with van der Waals surface area (Å²) in [4.78, 5) is 11.6. The second kappa shape index (κ2) is 8.34. The third-order valence-electron chi connectivity index (χ3n) is 2.68. The van der Waals surface area contributed by atoms with Gasteiger partial charge in [0.05, 0.1) is 12.5 Å². The molecule has 0 aliphatic rings. The number of halogens is 3. The first-order valence-electron chi connectivity index (χ1n) is 6.33. The van der Waals surface area contributed by atoms with Gasteiger partial charge in [-0.05, 0) is 12.8 Å². The molecule has 0 radical (unpaired) electrons. The molecule has 0 amide bonds. The number of nitrogens with two attached hydrogens (primary N) is 1. The number of esters is 1. The molecule has 0 fully saturated rings. The van der Waals surface area contributed by atoms with Crippen LogP contribution in [0.4, 0.5) is 13.2 Å². The minimum atomic E-state index is -4.57. The standard InChI is InChI=1S/C12H22F3NO2/c1-3-5-6-7-9(10(16)12(13,14)15)11(17)18-8-4-2/h9-10H,3-8,16H2,1-2H3/t9-,10-/m0/s1. The predicted octanol–water partition coefficient (Wildman–Crippen LogP) is 3.03. The molecule has 0 heterocycles. The van der Waals surface area contributed by atoms with Gasteiger partial charge in [0.1, 0.15) is 6.04 Å². The van der Waals surface area contributed by atoms with Crippen LogP contribution in [0.25, 0.3) is 0 Å². The van der Waals surface area contributed by atoms with Gasteiger partial charge in [0.25, 0.3) is 0 Å². The van der Waals surface area contributed by atoms with Crippen molar-refractivity contribution < 1.29 is 22.7 Å². The highest BCUT2D eigenvalue weighted by atomic mass is 19.4. The molecule has 0 aliphatic heterocycles. The number of carbonyl (C=O) groups is 1. The second-order valence-electron chi connectivity index (χ2n) is 4.34. The highest BCUT2D eigenvalue weighted by Gasteiger charge is 2.45. The SMILES string of the molecule is CCCCC[C@H](C(=O)OCCC)[C@H](N)C(F)(F)F. The molecule has 3 nitrogen and oxygen atoms in total. The fourth-order valence-corrected chi connectivity index (χ4v) is 1.60. The lowest BCUT2D eigenvalue weighted by atomic mass is 9.93. The number of rotatable bonds is 8. The summed E-state index contributed by atoms with van der Waals surface area (Å²) in [6.07, 6.45) is -1.67. The molecule has 0 rings (SSSR count). The minimum Gasteiger partial charge on any atom is -0.465 e. The Balaban J connectivity index is 4.55. The molecule has 0 aromatic rings. The lowest BCUT2D eigenvalue weighted by Crippen LogP contribution is -2.47. The molecule has 0 saturated heterocycles. The maximum Gasteiger partial charge on any atom is 0.404 e. The molecule has 0 unspecified atom stereocenters. The first-order valence-corrected chi connectivity index (χ1v) is 6.33. The van der Waals surface area contributed by atoms with Crippen LogP contribution >= 0.6 is 0 Å². The second-order valence-corrected chi connectivity index (χ2v) is 4.34. The molecule has 0 aromatic carbocycles. The van der Waals surface area contributed by atoms with E-state index in [1.165, 1.54) is 0 Å². The molecule has 0 saturated carbocycles. The van der Waals surface area contributed by atoms with Crippen molar-refractivity contribution in [3.8, 4) is 0 Å². The van der Waals surface area contributed by atoms with E-state index in [2.05, 4.69) is 0 Å². The Labute approximate surface area is 106 Å². The summed E-state index contributed by atoms with van der Waals surface area (Å²) in [5.74, 6) is -2.12. The monoisotopic (exact) mass is 269 g/mol. The number of hydrogen-bond acceptors (Lipinski definition) is 3. The van der Waals surface area contributed by atoms with E-state index in [9.17, 15) is 18.0 Å². The van der Waals surface area contributed by atoms with Gasteiger partial charge >= 0.3 is 12.1 Å². The third kappa shape index (κ3) is 6.23. The van der Waals surface area contributed by atoms with Gasteiger partial charge in [0, 0.05) is 0 Å². The summed E-state index contributed by atoms with van der Waals surface area (Å²) < 4.78 is 42.5. The van der Waals surface area contributed by atoms with Crippen molar-refractivity contribution in [2.24, 2.45) is 11.7 Å². The average molecular weight is 269 g/mol. The Morgan fingerprint density at radius 2 is 1.83 bits per heavy atom. The van der Waals surface area contributed by atoms with Crippen LogP contribution in [0.3, 0.4) is 0 Å². The van der Waals surface area contributed by atoms with Crippen LogP contribution in [0.1, 0.15) is 46.0 Å². The van der Waals surface area contributed by atoms with E-state index in [1.807, 2.05) is 6.92 Å². The van der Waals surface area contributed by atoms with Gasteiger partial charge in [-0.25, -0.2) is 0 Å². The molecule has 0 bridgehead atoms. The first kappa shape index (κ1) is 17.2. The van der Waals surface area contributed by atoms with Gasteiger partial charge in [-0.15, -0.1) is 0 Å². The summed E-state index contributed by atoms with van der Waals surface area (Å²) in [6, 6.07) is -2.14. The van der Waals surface area contributed by atoms with Gasteiger partial charge in [0.2, 0.25) is 0 Å². The lowest BCUT2D eigenvalue weighted by Gasteiger charge is -2.24. The molecular weight excluding hydrogens is 247 g/mol. The van der Waals surface area contributed by atoms with Crippen LogP contribution in [0.15, 0.2) is 0 Å². The first-order chi connectivity index (χ1) is 8.34. The molecule has 108 valence electrons.